The molecule has 1 heterocycles. The maximum absolute atomic E-state index is 12.0. The predicted molar refractivity (Wildman–Crippen MR) is 82.5 cm³/mol. The highest BCUT2D eigenvalue weighted by Crippen LogP contribution is 2.22. The first-order valence-electron chi connectivity index (χ1n) is 7.76. The van der Waals surface area contributed by atoms with Crippen molar-refractivity contribution in [3.05, 3.63) is 35.9 Å². The molecule has 1 aliphatic rings. The minimum absolute atomic E-state index is 0.123. The molecule has 1 amide bonds. The Bertz CT molecular complexity index is 503. The van der Waals surface area contributed by atoms with Gasteiger partial charge in [-0.2, -0.15) is 0 Å². The van der Waals surface area contributed by atoms with E-state index in [-0.39, 0.29) is 18.1 Å². The Kier molecular flexibility index (Phi) is 5.95. The van der Waals surface area contributed by atoms with Crippen LogP contribution in [0.15, 0.2) is 30.3 Å². The molecule has 0 aromatic heterocycles. The highest BCUT2D eigenvalue weighted by Gasteiger charge is 2.24. The quantitative estimate of drug-likeness (QED) is 0.809. The van der Waals surface area contributed by atoms with Crippen molar-refractivity contribution in [1.82, 2.24) is 5.32 Å². The van der Waals surface area contributed by atoms with Crippen LogP contribution in [0, 0.1) is 0 Å². The zero-order chi connectivity index (χ0) is 15.9. The van der Waals surface area contributed by atoms with Gasteiger partial charge in [-0.1, -0.05) is 30.3 Å². The van der Waals surface area contributed by atoms with Crippen molar-refractivity contribution in [2.75, 3.05) is 0 Å². The third-order valence-corrected chi connectivity index (χ3v) is 3.93. The molecule has 0 radical (unpaired) electrons. The molecule has 1 fully saturated rings. The number of carboxylic acids is 1. The average Bonchev–Trinajstić information content (AvgIpc) is 2.91. The van der Waals surface area contributed by atoms with E-state index in [1.54, 1.807) is 0 Å². The number of carbonyl (C=O) groups excluding carboxylic acids is 1. The number of amides is 1. The summed E-state index contributed by atoms with van der Waals surface area (Å²) < 4.78 is 5.66. The summed E-state index contributed by atoms with van der Waals surface area (Å²) in [5.41, 5.74) is 0.892. The number of carboxylic acid groups (broad SMARTS) is 1. The van der Waals surface area contributed by atoms with Crippen LogP contribution in [0.3, 0.4) is 0 Å². The van der Waals surface area contributed by atoms with Gasteiger partial charge in [0.05, 0.1) is 12.2 Å². The van der Waals surface area contributed by atoms with E-state index in [2.05, 4.69) is 5.32 Å². The van der Waals surface area contributed by atoms with E-state index in [1.165, 1.54) is 0 Å². The van der Waals surface area contributed by atoms with E-state index in [4.69, 9.17) is 4.74 Å². The number of hydrogen-bond acceptors (Lipinski definition) is 3. The van der Waals surface area contributed by atoms with Gasteiger partial charge >= 0.3 is 5.97 Å². The fraction of sp³-hybridized carbons (Fsp3) is 0.529. The Balaban J connectivity index is 1.80. The second kappa shape index (κ2) is 7.94. The van der Waals surface area contributed by atoms with Crippen LogP contribution >= 0.6 is 0 Å². The average molecular weight is 305 g/mol. The molecule has 1 aromatic rings. The molecule has 3 atom stereocenters. The summed E-state index contributed by atoms with van der Waals surface area (Å²) in [5, 5.41) is 11.9. The number of rotatable bonds is 7. The van der Waals surface area contributed by atoms with Crippen molar-refractivity contribution in [1.29, 1.82) is 0 Å². The van der Waals surface area contributed by atoms with Gasteiger partial charge in [-0.3, -0.25) is 4.79 Å². The van der Waals surface area contributed by atoms with Gasteiger partial charge in [0.15, 0.2) is 0 Å². The van der Waals surface area contributed by atoms with Crippen molar-refractivity contribution in [3.8, 4) is 0 Å². The van der Waals surface area contributed by atoms with Crippen LogP contribution in [0.25, 0.3) is 0 Å². The molecule has 1 saturated heterocycles. The smallest absolute Gasteiger partial charge is 0.326 e. The van der Waals surface area contributed by atoms with E-state index in [1.807, 2.05) is 37.3 Å². The Morgan fingerprint density at radius 1 is 1.32 bits per heavy atom. The van der Waals surface area contributed by atoms with Crippen molar-refractivity contribution in [3.63, 3.8) is 0 Å². The highest BCUT2D eigenvalue weighted by atomic mass is 16.5. The van der Waals surface area contributed by atoms with Crippen molar-refractivity contribution in [2.24, 2.45) is 0 Å². The highest BCUT2D eigenvalue weighted by molar-refractivity contribution is 5.83. The van der Waals surface area contributed by atoms with E-state index < -0.39 is 12.0 Å². The lowest BCUT2D eigenvalue weighted by Gasteiger charge is -2.16. The van der Waals surface area contributed by atoms with E-state index in [0.29, 0.717) is 19.3 Å². The van der Waals surface area contributed by atoms with Gasteiger partial charge in [-0.15, -0.1) is 0 Å². The summed E-state index contributed by atoms with van der Waals surface area (Å²) in [6.07, 6.45) is 3.62. The van der Waals surface area contributed by atoms with Crippen molar-refractivity contribution in [2.45, 2.75) is 57.3 Å². The predicted octanol–water partition coefficient (Wildman–Crippen LogP) is 2.15. The molecule has 1 aromatic carbocycles. The number of ether oxygens (including phenoxy) is 1. The van der Waals surface area contributed by atoms with E-state index in [0.717, 1.165) is 18.4 Å². The molecule has 0 saturated carbocycles. The maximum Gasteiger partial charge on any atom is 0.326 e. The summed E-state index contributed by atoms with van der Waals surface area (Å²) in [6, 6.07) is 8.41. The standard InChI is InChI=1S/C17H23NO4/c1-12-7-8-14(22-12)9-10-16(19)18-15(17(20)21)11-13-5-3-2-4-6-13/h2-6,12,14-15H,7-11H2,1H3,(H,18,19)(H,20,21)/t12-,14+,15+/m0/s1. The Labute approximate surface area is 130 Å². The summed E-state index contributed by atoms with van der Waals surface area (Å²) in [5.74, 6) is -1.24. The molecular formula is C17H23NO4. The fourth-order valence-corrected chi connectivity index (χ4v) is 2.71. The zero-order valence-electron chi connectivity index (χ0n) is 12.8. The number of benzene rings is 1. The zero-order valence-corrected chi connectivity index (χ0v) is 12.8. The van der Waals surface area contributed by atoms with Gasteiger partial charge < -0.3 is 15.2 Å². The van der Waals surface area contributed by atoms with Gasteiger partial charge in [0.25, 0.3) is 0 Å². The third kappa shape index (κ3) is 5.15. The Morgan fingerprint density at radius 3 is 2.64 bits per heavy atom. The molecule has 1 aliphatic heterocycles. The molecule has 0 bridgehead atoms. The van der Waals surface area contributed by atoms with Gasteiger partial charge in [-0.25, -0.2) is 4.79 Å². The number of carbonyl (C=O) groups is 2. The molecule has 5 heteroatoms. The largest absolute Gasteiger partial charge is 0.480 e. The first kappa shape index (κ1) is 16.5. The summed E-state index contributed by atoms with van der Waals surface area (Å²) in [6.45, 7) is 2.03. The number of aliphatic carboxylic acids is 1. The lowest BCUT2D eigenvalue weighted by molar-refractivity contribution is -0.141. The summed E-state index contributed by atoms with van der Waals surface area (Å²) in [7, 11) is 0. The topological polar surface area (TPSA) is 75.6 Å². The van der Waals surface area contributed by atoms with E-state index >= 15 is 0 Å². The molecule has 2 rings (SSSR count). The first-order chi connectivity index (χ1) is 10.5. The molecule has 120 valence electrons. The minimum Gasteiger partial charge on any atom is -0.480 e. The van der Waals surface area contributed by atoms with Gasteiger partial charge in [-0.05, 0) is 31.7 Å². The van der Waals surface area contributed by atoms with Crippen LogP contribution < -0.4 is 5.32 Å². The second-order valence-electron chi connectivity index (χ2n) is 5.83. The fourth-order valence-electron chi connectivity index (χ4n) is 2.71. The van der Waals surface area contributed by atoms with Crippen LogP contribution in [-0.4, -0.2) is 35.2 Å². The van der Waals surface area contributed by atoms with Crippen LogP contribution in [0.2, 0.25) is 0 Å². The second-order valence-corrected chi connectivity index (χ2v) is 5.83. The first-order valence-corrected chi connectivity index (χ1v) is 7.76. The molecule has 2 N–H and O–H groups in total. The van der Waals surface area contributed by atoms with E-state index in [9.17, 15) is 14.7 Å². The molecule has 0 spiro atoms. The van der Waals surface area contributed by atoms with Gasteiger partial charge in [0.2, 0.25) is 5.91 Å². The Hall–Kier alpha value is -1.88. The van der Waals surface area contributed by atoms with Crippen LogP contribution in [0.1, 0.15) is 38.2 Å². The van der Waals surface area contributed by atoms with Gasteiger partial charge in [0, 0.05) is 12.8 Å². The molecular weight excluding hydrogens is 282 g/mol. The monoisotopic (exact) mass is 305 g/mol. The molecule has 5 nitrogen and oxygen atoms in total. The lowest BCUT2D eigenvalue weighted by Crippen LogP contribution is -2.42. The lowest BCUT2D eigenvalue weighted by atomic mass is 10.1. The number of hydrogen-bond donors (Lipinski definition) is 2. The molecule has 22 heavy (non-hydrogen) atoms. The Morgan fingerprint density at radius 2 is 2.05 bits per heavy atom. The van der Waals surface area contributed by atoms with Crippen LogP contribution in [0.4, 0.5) is 0 Å². The van der Waals surface area contributed by atoms with Gasteiger partial charge in [0.1, 0.15) is 6.04 Å². The number of nitrogens with one attached hydrogen (secondary N) is 1. The van der Waals surface area contributed by atoms with Crippen LogP contribution in [-0.2, 0) is 20.7 Å². The molecule has 0 unspecified atom stereocenters. The minimum atomic E-state index is -1.01. The SMILES string of the molecule is C[C@H]1CC[C@H](CCC(=O)N[C@H](Cc2ccccc2)C(=O)O)O1. The van der Waals surface area contributed by atoms with Crippen LogP contribution in [0.5, 0.6) is 0 Å². The van der Waals surface area contributed by atoms with Crippen molar-refractivity contribution >= 4 is 11.9 Å². The molecule has 0 aliphatic carbocycles. The summed E-state index contributed by atoms with van der Waals surface area (Å²) >= 11 is 0. The maximum atomic E-state index is 12.0. The van der Waals surface area contributed by atoms with Crippen molar-refractivity contribution < 1.29 is 19.4 Å². The third-order valence-electron chi connectivity index (χ3n) is 3.93. The summed E-state index contributed by atoms with van der Waals surface area (Å²) in [4.78, 5) is 23.3. The normalized spacial score (nSPS) is 22.2.